The third-order valence-corrected chi connectivity index (χ3v) is 3.61. The summed E-state index contributed by atoms with van der Waals surface area (Å²) in [6.45, 7) is 0.428. The van der Waals surface area contributed by atoms with E-state index in [1.165, 1.54) is 0 Å². The van der Waals surface area contributed by atoms with Crippen molar-refractivity contribution < 1.29 is 9.90 Å². The van der Waals surface area contributed by atoms with E-state index in [0.29, 0.717) is 12.2 Å². The van der Waals surface area contributed by atoms with Crippen molar-refractivity contribution in [2.45, 2.75) is 6.54 Å². The molecule has 2 aromatic rings. The lowest BCUT2D eigenvalue weighted by molar-refractivity contribution is -0.135. The van der Waals surface area contributed by atoms with Crippen molar-refractivity contribution in [2.75, 3.05) is 17.2 Å². The topological polar surface area (TPSA) is 66.6 Å². The minimum Gasteiger partial charge on any atom is -0.480 e. The highest BCUT2D eigenvalue weighted by Crippen LogP contribution is 2.24. The van der Waals surface area contributed by atoms with Crippen LogP contribution in [0.25, 0.3) is 0 Å². The third kappa shape index (κ3) is 3.86. The first kappa shape index (κ1) is 14.6. The van der Waals surface area contributed by atoms with E-state index < -0.39 is 5.97 Å². The molecule has 0 saturated carbocycles. The van der Waals surface area contributed by atoms with Crippen LogP contribution in [0.5, 0.6) is 0 Å². The van der Waals surface area contributed by atoms with E-state index in [2.05, 4.69) is 22.6 Å². The summed E-state index contributed by atoms with van der Waals surface area (Å²) < 4.78 is 1.15. The van der Waals surface area contributed by atoms with Gasteiger partial charge in [0.2, 0.25) is 0 Å². The summed E-state index contributed by atoms with van der Waals surface area (Å²) in [5.41, 5.74) is 8.32. The lowest BCUT2D eigenvalue weighted by Gasteiger charge is -2.24. The highest BCUT2D eigenvalue weighted by Gasteiger charge is 2.13. The summed E-state index contributed by atoms with van der Waals surface area (Å²) in [6, 6.07) is 15.3. The molecule has 0 aliphatic carbocycles. The van der Waals surface area contributed by atoms with E-state index >= 15 is 0 Å². The van der Waals surface area contributed by atoms with Gasteiger partial charge in [-0.05, 0) is 52.4 Å². The highest BCUT2D eigenvalue weighted by atomic mass is 127. The molecule has 0 saturated heterocycles. The number of carbonyl (C=O) groups is 1. The summed E-state index contributed by atoms with van der Waals surface area (Å²) in [7, 11) is 0. The molecule has 0 radical (unpaired) electrons. The van der Waals surface area contributed by atoms with Crippen LogP contribution < -0.4 is 10.6 Å². The van der Waals surface area contributed by atoms with Gasteiger partial charge in [0.05, 0.1) is 11.4 Å². The van der Waals surface area contributed by atoms with E-state index in [-0.39, 0.29) is 6.54 Å². The highest BCUT2D eigenvalue weighted by molar-refractivity contribution is 14.1. The van der Waals surface area contributed by atoms with Crippen molar-refractivity contribution in [3.8, 4) is 0 Å². The Bertz CT molecular complexity index is 599. The quantitative estimate of drug-likeness (QED) is 0.617. The maximum atomic E-state index is 11.1. The molecule has 2 aromatic carbocycles. The molecule has 0 spiro atoms. The van der Waals surface area contributed by atoms with Crippen LogP contribution in [-0.4, -0.2) is 17.6 Å². The number of para-hydroxylation sites is 2. The number of carboxylic acid groups (broad SMARTS) is 1. The zero-order valence-electron chi connectivity index (χ0n) is 10.8. The lowest BCUT2D eigenvalue weighted by Crippen LogP contribution is -2.29. The van der Waals surface area contributed by atoms with Crippen LogP contribution >= 0.6 is 22.6 Å². The third-order valence-electron chi connectivity index (χ3n) is 2.89. The number of nitrogens with two attached hydrogens (primary N) is 1. The van der Waals surface area contributed by atoms with Gasteiger partial charge in [0.15, 0.2) is 0 Å². The molecule has 0 atom stereocenters. The zero-order chi connectivity index (χ0) is 14.5. The summed E-state index contributed by atoms with van der Waals surface area (Å²) in [5, 5.41) is 9.07. The summed E-state index contributed by atoms with van der Waals surface area (Å²) >= 11 is 2.24. The molecule has 0 aliphatic rings. The molecule has 0 aliphatic heterocycles. The van der Waals surface area contributed by atoms with Gasteiger partial charge in [0.1, 0.15) is 6.54 Å². The number of rotatable bonds is 5. The Morgan fingerprint density at radius 3 is 2.40 bits per heavy atom. The Labute approximate surface area is 131 Å². The first-order chi connectivity index (χ1) is 9.56. The predicted octanol–water partition coefficient (Wildman–Crippen LogP) is 2.96. The SMILES string of the molecule is Nc1ccccc1N(CC(=O)O)Cc1ccc(I)cc1. The predicted molar refractivity (Wildman–Crippen MR) is 88.7 cm³/mol. The molecule has 3 N–H and O–H groups in total. The minimum atomic E-state index is -0.876. The minimum absolute atomic E-state index is 0.0831. The maximum Gasteiger partial charge on any atom is 0.323 e. The number of carboxylic acids is 1. The normalized spacial score (nSPS) is 10.2. The Balaban J connectivity index is 2.26. The van der Waals surface area contributed by atoms with Crippen molar-refractivity contribution in [1.29, 1.82) is 0 Å². The largest absolute Gasteiger partial charge is 0.480 e. The molecule has 104 valence electrons. The lowest BCUT2D eigenvalue weighted by atomic mass is 10.2. The number of hydrogen-bond acceptors (Lipinski definition) is 3. The van der Waals surface area contributed by atoms with E-state index in [1.54, 1.807) is 11.0 Å². The fourth-order valence-electron chi connectivity index (χ4n) is 1.98. The number of nitrogen functional groups attached to an aromatic ring is 1. The van der Waals surface area contributed by atoms with Crippen LogP contribution in [0.1, 0.15) is 5.56 Å². The molecule has 0 aromatic heterocycles. The van der Waals surface area contributed by atoms with E-state index in [4.69, 9.17) is 10.8 Å². The molecule has 20 heavy (non-hydrogen) atoms. The van der Waals surface area contributed by atoms with Crippen molar-refractivity contribution >= 4 is 39.9 Å². The van der Waals surface area contributed by atoms with Gasteiger partial charge in [-0.2, -0.15) is 0 Å². The Morgan fingerprint density at radius 2 is 1.80 bits per heavy atom. The standard InChI is InChI=1S/C15H15IN2O2/c16-12-7-5-11(6-8-12)9-18(10-15(19)20)14-4-2-1-3-13(14)17/h1-8H,9-10,17H2,(H,19,20). The van der Waals surface area contributed by atoms with Crippen LogP contribution in [0.15, 0.2) is 48.5 Å². The van der Waals surface area contributed by atoms with Gasteiger partial charge >= 0.3 is 5.97 Å². The molecule has 0 amide bonds. The van der Waals surface area contributed by atoms with E-state index in [0.717, 1.165) is 14.8 Å². The molecule has 5 heteroatoms. The second-order valence-corrected chi connectivity index (χ2v) is 5.68. The van der Waals surface area contributed by atoms with E-state index in [1.807, 2.05) is 42.5 Å². The Kier molecular flexibility index (Phi) is 4.84. The smallest absolute Gasteiger partial charge is 0.323 e. The van der Waals surface area contributed by atoms with Gasteiger partial charge in [0.25, 0.3) is 0 Å². The number of hydrogen-bond donors (Lipinski definition) is 2. The van der Waals surface area contributed by atoms with Crippen LogP contribution in [-0.2, 0) is 11.3 Å². The van der Waals surface area contributed by atoms with Crippen molar-refractivity contribution in [1.82, 2.24) is 0 Å². The summed E-state index contributed by atoms with van der Waals surface area (Å²) in [6.07, 6.45) is 0. The second kappa shape index (κ2) is 6.60. The van der Waals surface area contributed by atoms with E-state index in [9.17, 15) is 4.79 Å². The van der Waals surface area contributed by atoms with Crippen molar-refractivity contribution in [2.24, 2.45) is 0 Å². The first-order valence-electron chi connectivity index (χ1n) is 6.12. The zero-order valence-corrected chi connectivity index (χ0v) is 12.9. The summed E-state index contributed by atoms with van der Waals surface area (Å²) in [4.78, 5) is 12.8. The van der Waals surface area contributed by atoms with Gasteiger partial charge in [-0.1, -0.05) is 24.3 Å². The van der Waals surface area contributed by atoms with Gasteiger partial charge in [-0.3, -0.25) is 4.79 Å². The van der Waals surface area contributed by atoms with Gasteiger partial charge < -0.3 is 15.7 Å². The monoisotopic (exact) mass is 382 g/mol. The van der Waals surface area contributed by atoms with Gasteiger partial charge in [-0.25, -0.2) is 0 Å². The average Bonchev–Trinajstić information content (AvgIpc) is 2.41. The molecule has 2 rings (SSSR count). The number of nitrogens with zero attached hydrogens (tertiary/aromatic N) is 1. The number of benzene rings is 2. The van der Waals surface area contributed by atoms with Gasteiger partial charge in [-0.15, -0.1) is 0 Å². The van der Waals surface area contributed by atoms with Crippen LogP contribution in [0.4, 0.5) is 11.4 Å². The van der Waals surface area contributed by atoms with Crippen LogP contribution in [0.3, 0.4) is 0 Å². The molecule has 0 bridgehead atoms. The molecular weight excluding hydrogens is 367 g/mol. The Morgan fingerprint density at radius 1 is 1.15 bits per heavy atom. The maximum absolute atomic E-state index is 11.1. The molecule has 0 unspecified atom stereocenters. The molecule has 0 heterocycles. The second-order valence-electron chi connectivity index (χ2n) is 4.44. The van der Waals surface area contributed by atoms with Gasteiger partial charge in [0, 0.05) is 10.1 Å². The fourth-order valence-corrected chi connectivity index (χ4v) is 2.33. The van der Waals surface area contributed by atoms with Crippen LogP contribution in [0, 0.1) is 3.57 Å². The number of halogens is 1. The first-order valence-corrected chi connectivity index (χ1v) is 7.20. The average molecular weight is 382 g/mol. The summed E-state index contributed by atoms with van der Waals surface area (Å²) in [5.74, 6) is -0.876. The molecule has 0 fully saturated rings. The van der Waals surface area contributed by atoms with Crippen molar-refractivity contribution in [3.05, 3.63) is 57.7 Å². The van der Waals surface area contributed by atoms with Crippen LogP contribution in [0.2, 0.25) is 0 Å². The number of anilines is 2. The Hall–Kier alpha value is -1.76. The molecular formula is C15H15IN2O2. The molecule has 4 nitrogen and oxygen atoms in total. The van der Waals surface area contributed by atoms with Crippen molar-refractivity contribution in [3.63, 3.8) is 0 Å². The number of aliphatic carboxylic acids is 1. The fraction of sp³-hybridized carbons (Fsp3) is 0.133.